The van der Waals surface area contributed by atoms with Crippen molar-refractivity contribution in [3.05, 3.63) is 35.9 Å². The lowest BCUT2D eigenvalue weighted by molar-refractivity contribution is -0.126. The van der Waals surface area contributed by atoms with E-state index < -0.39 is 0 Å². The standard InChI is InChI=1S/C16H19NO2/c18-15-10-14(16(19)17-15)13-8-6-12(7-9-13)11-4-2-1-3-5-11/h1-5,12-14H,6-10H2,(H,17,18,19). The number of hydrogen-bond donors (Lipinski definition) is 1. The third-order valence-electron chi connectivity index (χ3n) is 4.62. The van der Waals surface area contributed by atoms with Crippen molar-refractivity contribution < 1.29 is 9.59 Å². The summed E-state index contributed by atoms with van der Waals surface area (Å²) < 4.78 is 0. The van der Waals surface area contributed by atoms with Gasteiger partial charge in [-0.1, -0.05) is 30.3 Å². The van der Waals surface area contributed by atoms with Gasteiger partial charge in [-0.3, -0.25) is 14.9 Å². The molecule has 0 aromatic heterocycles. The highest BCUT2D eigenvalue weighted by Gasteiger charge is 2.38. The van der Waals surface area contributed by atoms with Crippen LogP contribution in [-0.2, 0) is 9.59 Å². The van der Waals surface area contributed by atoms with E-state index in [2.05, 4.69) is 29.6 Å². The Kier molecular flexibility index (Phi) is 3.36. The number of nitrogens with one attached hydrogen (secondary N) is 1. The molecular weight excluding hydrogens is 238 g/mol. The van der Waals surface area contributed by atoms with Gasteiger partial charge in [0.25, 0.3) is 0 Å². The number of carbonyl (C=O) groups excluding carboxylic acids is 2. The van der Waals surface area contributed by atoms with Crippen molar-refractivity contribution in [1.29, 1.82) is 0 Å². The normalized spacial score (nSPS) is 31.3. The topological polar surface area (TPSA) is 46.2 Å². The molecule has 1 aromatic carbocycles. The van der Waals surface area contributed by atoms with Crippen molar-refractivity contribution in [1.82, 2.24) is 5.32 Å². The van der Waals surface area contributed by atoms with Crippen LogP contribution < -0.4 is 5.32 Å². The molecule has 1 aromatic rings. The van der Waals surface area contributed by atoms with Crippen LogP contribution in [0.3, 0.4) is 0 Å². The zero-order chi connectivity index (χ0) is 13.2. The Balaban J connectivity index is 1.61. The SMILES string of the molecule is O=C1CC(C2CCC(c3ccccc3)CC2)C(=O)N1. The lowest BCUT2D eigenvalue weighted by Gasteiger charge is -2.31. The highest BCUT2D eigenvalue weighted by atomic mass is 16.2. The van der Waals surface area contributed by atoms with Gasteiger partial charge in [-0.15, -0.1) is 0 Å². The van der Waals surface area contributed by atoms with Crippen molar-refractivity contribution in [2.24, 2.45) is 11.8 Å². The van der Waals surface area contributed by atoms with E-state index in [0.29, 0.717) is 18.3 Å². The fourth-order valence-corrected chi connectivity index (χ4v) is 3.53. The Morgan fingerprint density at radius 2 is 1.63 bits per heavy atom. The monoisotopic (exact) mass is 257 g/mol. The van der Waals surface area contributed by atoms with Crippen LogP contribution in [0.2, 0.25) is 0 Å². The first-order valence-electron chi connectivity index (χ1n) is 7.12. The van der Waals surface area contributed by atoms with E-state index in [4.69, 9.17) is 0 Å². The molecule has 2 fully saturated rings. The Morgan fingerprint density at radius 1 is 0.947 bits per heavy atom. The minimum absolute atomic E-state index is 0.0480. The predicted octanol–water partition coefficient (Wildman–Crippen LogP) is 2.62. The van der Waals surface area contributed by atoms with Crippen molar-refractivity contribution in [2.45, 2.75) is 38.0 Å². The number of imide groups is 1. The first kappa shape index (κ1) is 12.4. The van der Waals surface area contributed by atoms with E-state index in [1.165, 1.54) is 5.56 Å². The van der Waals surface area contributed by atoms with E-state index in [9.17, 15) is 9.59 Å². The summed E-state index contributed by atoms with van der Waals surface area (Å²) >= 11 is 0. The number of hydrogen-bond acceptors (Lipinski definition) is 2. The second-order valence-electron chi connectivity index (χ2n) is 5.75. The molecule has 19 heavy (non-hydrogen) atoms. The van der Waals surface area contributed by atoms with Crippen LogP contribution in [-0.4, -0.2) is 11.8 Å². The number of rotatable bonds is 2. The summed E-state index contributed by atoms with van der Waals surface area (Å²) in [7, 11) is 0. The van der Waals surface area contributed by atoms with Crippen molar-refractivity contribution in [3.8, 4) is 0 Å². The quantitative estimate of drug-likeness (QED) is 0.828. The molecule has 1 N–H and O–H groups in total. The van der Waals surface area contributed by atoms with Crippen molar-refractivity contribution in [2.75, 3.05) is 0 Å². The molecule has 3 heteroatoms. The molecule has 3 rings (SSSR count). The molecule has 1 atom stereocenters. The minimum atomic E-state index is -0.0971. The first-order valence-corrected chi connectivity index (χ1v) is 7.12. The highest BCUT2D eigenvalue weighted by molar-refractivity contribution is 6.03. The fourth-order valence-electron chi connectivity index (χ4n) is 3.53. The van der Waals surface area contributed by atoms with Crippen LogP contribution in [0.25, 0.3) is 0 Å². The molecule has 1 aliphatic heterocycles. The van der Waals surface area contributed by atoms with Gasteiger partial charge < -0.3 is 0 Å². The van der Waals surface area contributed by atoms with E-state index in [1.807, 2.05) is 6.07 Å². The Hall–Kier alpha value is -1.64. The zero-order valence-electron chi connectivity index (χ0n) is 11.0. The number of carbonyl (C=O) groups is 2. The summed E-state index contributed by atoms with van der Waals surface area (Å²) in [5.74, 6) is 0.807. The van der Waals surface area contributed by atoms with Gasteiger partial charge in [0, 0.05) is 12.3 Å². The van der Waals surface area contributed by atoms with Gasteiger partial charge in [0.2, 0.25) is 11.8 Å². The lowest BCUT2D eigenvalue weighted by atomic mass is 9.73. The second-order valence-corrected chi connectivity index (χ2v) is 5.75. The molecule has 0 bridgehead atoms. The number of benzene rings is 1. The van der Waals surface area contributed by atoms with Crippen LogP contribution in [0, 0.1) is 11.8 Å². The van der Waals surface area contributed by atoms with Gasteiger partial charge in [-0.25, -0.2) is 0 Å². The van der Waals surface area contributed by atoms with E-state index >= 15 is 0 Å². The third-order valence-corrected chi connectivity index (χ3v) is 4.62. The van der Waals surface area contributed by atoms with Crippen molar-refractivity contribution >= 4 is 11.8 Å². The van der Waals surface area contributed by atoms with Gasteiger partial charge in [-0.2, -0.15) is 0 Å². The molecule has 1 aliphatic carbocycles. The highest BCUT2D eigenvalue weighted by Crippen LogP contribution is 2.40. The Labute approximate surface area is 113 Å². The second kappa shape index (κ2) is 5.16. The Bertz CT molecular complexity index is 475. The molecule has 1 heterocycles. The molecule has 2 aliphatic rings. The molecular formula is C16H19NO2. The summed E-state index contributed by atoms with van der Waals surface area (Å²) in [6, 6.07) is 10.6. The minimum Gasteiger partial charge on any atom is -0.296 e. The predicted molar refractivity (Wildman–Crippen MR) is 72.4 cm³/mol. The molecule has 1 saturated heterocycles. The maximum Gasteiger partial charge on any atom is 0.230 e. The summed E-state index contributed by atoms with van der Waals surface area (Å²) in [6.07, 6.45) is 4.79. The maximum absolute atomic E-state index is 11.7. The van der Waals surface area contributed by atoms with Gasteiger partial charge >= 0.3 is 0 Å². The van der Waals surface area contributed by atoms with E-state index in [0.717, 1.165) is 25.7 Å². The maximum atomic E-state index is 11.7. The summed E-state index contributed by atoms with van der Waals surface area (Å²) in [5.41, 5.74) is 1.41. The van der Waals surface area contributed by atoms with Gasteiger partial charge in [0.1, 0.15) is 0 Å². The summed E-state index contributed by atoms with van der Waals surface area (Å²) in [6.45, 7) is 0. The molecule has 1 unspecified atom stereocenters. The van der Waals surface area contributed by atoms with Crippen LogP contribution in [0.4, 0.5) is 0 Å². The van der Waals surface area contributed by atoms with Gasteiger partial charge in [-0.05, 0) is 43.1 Å². The van der Waals surface area contributed by atoms with E-state index in [1.54, 1.807) is 0 Å². The van der Waals surface area contributed by atoms with Crippen LogP contribution >= 0.6 is 0 Å². The number of amides is 2. The van der Waals surface area contributed by atoms with Crippen LogP contribution in [0.5, 0.6) is 0 Å². The lowest BCUT2D eigenvalue weighted by Crippen LogP contribution is -2.28. The average molecular weight is 257 g/mol. The van der Waals surface area contributed by atoms with Gasteiger partial charge in [0.05, 0.1) is 0 Å². The summed E-state index contributed by atoms with van der Waals surface area (Å²) in [4.78, 5) is 23.0. The fraction of sp³-hybridized carbons (Fsp3) is 0.500. The molecule has 0 radical (unpaired) electrons. The van der Waals surface area contributed by atoms with Crippen LogP contribution in [0.15, 0.2) is 30.3 Å². The van der Waals surface area contributed by atoms with Gasteiger partial charge in [0.15, 0.2) is 0 Å². The smallest absolute Gasteiger partial charge is 0.230 e. The average Bonchev–Trinajstić information content (AvgIpc) is 2.79. The zero-order valence-corrected chi connectivity index (χ0v) is 11.0. The molecule has 0 spiro atoms. The molecule has 100 valence electrons. The summed E-state index contributed by atoms with van der Waals surface area (Å²) in [5, 5.41) is 2.43. The van der Waals surface area contributed by atoms with Crippen LogP contribution in [0.1, 0.15) is 43.6 Å². The molecule has 3 nitrogen and oxygen atoms in total. The van der Waals surface area contributed by atoms with E-state index in [-0.39, 0.29) is 17.7 Å². The van der Waals surface area contributed by atoms with Crippen molar-refractivity contribution in [3.63, 3.8) is 0 Å². The third kappa shape index (κ3) is 2.55. The largest absolute Gasteiger partial charge is 0.296 e. The first-order chi connectivity index (χ1) is 9.24. The molecule has 2 amide bonds. The Morgan fingerprint density at radius 3 is 2.21 bits per heavy atom. The molecule has 1 saturated carbocycles.